The summed E-state index contributed by atoms with van der Waals surface area (Å²) in [5.41, 5.74) is 6.18. The zero-order valence-electron chi connectivity index (χ0n) is 19.0. The SMILES string of the molecule is COCCN1CCN(C(=O)[C@@H]2CCCN2c2nc(N)n3nc(-c4ccc(C)o4)nc3n2)CC1. The van der Waals surface area contributed by atoms with E-state index >= 15 is 0 Å². The molecule has 3 aromatic rings. The van der Waals surface area contributed by atoms with Gasteiger partial charge in [-0.25, -0.2) is 0 Å². The number of carbonyl (C=O) groups excluding carboxylic acids is 1. The van der Waals surface area contributed by atoms with Gasteiger partial charge in [-0.3, -0.25) is 9.69 Å². The van der Waals surface area contributed by atoms with Crippen LogP contribution in [-0.4, -0.2) is 99.3 Å². The van der Waals surface area contributed by atoms with Crippen molar-refractivity contribution in [2.75, 3.05) is 63.6 Å². The first-order valence-electron chi connectivity index (χ1n) is 11.3. The number of carbonyl (C=O) groups is 1. The number of furan rings is 1. The number of nitrogens with zero attached hydrogens (tertiary/aromatic N) is 8. The fraction of sp³-hybridized carbons (Fsp3) is 0.571. The summed E-state index contributed by atoms with van der Waals surface area (Å²) in [6.07, 6.45) is 1.66. The van der Waals surface area contributed by atoms with Gasteiger partial charge in [0.05, 0.1) is 6.61 Å². The van der Waals surface area contributed by atoms with Crippen molar-refractivity contribution < 1.29 is 13.9 Å². The van der Waals surface area contributed by atoms with Gasteiger partial charge in [-0.15, -0.1) is 5.10 Å². The molecule has 0 radical (unpaired) electrons. The van der Waals surface area contributed by atoms with Gasteiger partial charge in [0.15, 0.2) is 5.76 Å². The lowest BCUT2D eigenvalue weighted by Gasteiger charge is -2.37. The molecule has 0 aliphatic carbocycles. The van der Waals surface area contributed by atoms with Crippen molar-refractivity contribution in [1.82, 2.24) is 34.4 Å². The molecule has 0 bridgehead atoms. The Labute approximate surface area is 191 Å². The molecule has 0 spiro atoms. The van der Waals surface area contributed by atoms with Gasteiger partial charge < -0.3 is 24.7 Å². The average molecular weight is 456 g/mol. The number of methoxy groups -OCH3 is 1. The van der Waals surface area contributed by atoms with Crippen LogP contribution >= 0.6 is 0 Å². The summed E-state index contributed by atoms with van der Waals surface area (Å²) in [5, 5.41) is 4.37. The lowest BCUT2D eigenvalue weighted by molar-refractivity contribution is -0.134. The van der Waals surface area contributed by atoms with Crippen LogP contribution in [0.1, 0.15) is 18.6 Å². The Balaban J connectivity index is 1.34. The number of piperazine rings is 1. The van der Waals surface area contributed by atoms with Crippen molar-refractivity contribution >= 4 is 23.6 Å². The first-order chi connectivity index (χ1) is 16.0. The van der Waals surface area contributed by atoms with Crippen LogP contribution < -0.4 is 10.6 Å². The van der Waals surface area contributed by atoms with Gasteiger partial charge in [-0.1, -0.05) is 0 Å². The van der Waals surface area contributed by atoms with E-state index in [4.69, 9.17) is 14.9 Å². The molecule has 0 aromatic carbocycles. The number of anilines is 2. The maximum Gasteiger partial charge on any atom is 0.259 e. The molecule has 5 rings (SSSR count). The minimum atomic E-state index is -0.299. The van der Waals surface area contributed by atoms with Gasteiger partial charge in [-0.05, 0) is 31.9 Å². The molecule has 3 aromatic heterocycles. The second kappa shape index (κ2) is 8.94. The van der Waals surface area contributed by atoms with Gasteiger partial charge in [0, 0.05) is 46.4 Å². The minimum Gasteiger partial charge on any atom is -0.458 e. The van der Waals surface area contributed by atoms with Crippen molar-refractivity contribution in [2.24, 2.45) is 0 Å². The third kappa shape index (κ3) is 4.23. The Hall–Kier alpha value is -3.25. The highest BCUT2D eigenvalue weighted by molar-refractivity contribution is 5.85. The molecular formula is C21H29N9O3. The van der Waals surface area contributed by atoms with E-state index in [1.165, 1.54) is 4.52 Å². The first kappa shape index (κ1) is 21.6. The first-order valence-corrected chi connectivity index (χ1v) is 11.3. The van der Waals surface area contributed by atoms with Crippen LogP contribution in [0.3, 0.4) is 0 Å². The number of aryl methyl sites for hydroxylation is 1. The predicted octanol–water partition coefficient (Wildman–Crippen LogP) is 0.429. The number of rotatable bonds is 6. The largest absolute Gasteiger partial charge is 0.458 e. The zero-order valence-corrected chi connectivity index (χ0v) is 19.0. The standard InChI is InChI=1S/C21H29N9O3/c1-14-5-6-16(33-14)17-23-21-25-20(24-19(22)30(21)26-17)29-7-3-4-15(29)18(31)28-10-8-27(9-11-28)12-13-32-2/h5-6,15H,3-4,7-13H2,1-2H3,(H2,22,23,24,25,26)/t15-/m0/s1. The van der Waals surface area contributed by atoms with Gasteiger partial charge >= 0.3 is 0 Å². The number of ether oxygens (including phenoxy) is 1. The minimum absolute atomic E-state index is 0.120. The summed E-state index contributed by atoms with van der Waals surface area (Å²) in [4.78, 5) is 33.1. The molecule has 12 nitrogen and oxygen atoms in total. The van der Waals surface area contributed by atoms with Gasteiger partial charge in [0.2, 0.25) is 23.6 Å². The molecule has 2 aliphatic heterocycles. The average Bonchev–Trinajstić information content (AvgIpc) is 3.56. The molecule has 1 atom stereocenters. The predicted molar refractivity (Wildman–Crippen MR) is 121 cm³/mol. The van der Waals surface area contributed by atoms with Crippen LogP contribution in [-0.2, 0) is 9.53 Å². The van der Waals surface area contributed by atoms with Crippen molar-refractivity contribution in [3.63, 3.8) is 0 Å². The smallest absolute Gasteiger partial charge is 0.259 e. The van der Waals surface area contributed by atoms with Crippen LogP contribution in [0.5, 0.6) is 0 Å². The number of hydrogen-bond donors (Lipinski definition) is 1. The van der Waals surface area contributed by atoms with E-state index in [1.807, 2.05) is 22.8 Å². The number of aromatic nitrogens is 5. The number of amides is 1. The zero-order chi connectivity index (χ0) is 22.9. The molecule has 2 fully saturated rings. The number of nitrogen functional groups attached to an aromatic ring is 1. The molecule has 176 valence electrons. The molecule has 2 aliphatic rings. The monoisotopic (exact) mass is 455 g/mol. The van der Waals surface area contributed by atoms with E-state index < -0.39 is 0 Å². The van der Waals surface area contributed by atoms with E-state index in [-0.39, 0.29) is 17.9 Å². The summed E-state index contributed by atoms with van der Waals surface area (Å²) in [7, 11) is 1.71. The van der Waals surface area contributed by atoms with Crippen LogP contribution in [0.4, 0.5) is 11.9 Å². The van der Waals surface area contributed by atoms with Crippen molar-refractivity contribution in [3.05, 3.63) is 17.9 Å². The fourth-order valence-electron chi connectivity index (χ4n) is 4.47. The molecule has 2 N–H and O–H groups in total. The van der Waals surface area contributed by atoms with Crippen molar-refractivity contribution in [3.8, 4) is 11.6 Å². The highest BCUT2D eigenvalue weighted by atomic mass is 16.5. The van der Waals surface area contributed by atoms with E-state index in [9.17, 15) is 4.79 Å². The van der Waals surface area contributed by atoms with E-state index in [1.54, 1.807) is 13.2 Å². The maximum atomic E-state index is 13.4. The van der Waals surface area contributed by atoms with E-state index in [0.717, 1.165) is 38.2 Å². The lowest BCUT2D eigenvalue weighted by atomic mass is 10.1. The molecule has 5 heterocycles. The molecule has 1 amide bonds. The highest BCUT2D eigenvalue weighted by Gasteiger charge is 2.36. The molecule has 0 saturated carbocycles. The van der Waals surface area contributed by atoms with Crippen LogP contribution in [0.25, 0.3) is 17.4 Å². The third-order valence-corrected chi connectivity index (χ3v) is 6.27. The summed E-state index contributed by atoms with van der Waals surface area (Å²) in [6, 6.07) is 3.35. The number of hydrogen-bond acceptors (Lipinski definition) is 10. The van der Waals surface area contributed by atoms with E-state index in [0.29, 0.717) is 49.6 Å². The van der Waals surface area contributed by atoms with Crippen molar-refractivity contribution in [2.45, 2.75) is 25.8 Å². The van der Waals surface area contributed by atoms with Gasteiger partial charge in [-0.2, -0.15) is 19.5 Å². The quantitative estimate of drug-likeness (QED) is 0.558. The summed E-state index contributed by atoms with van der Waals surface area (Å²) >= 11 is 0. The van der Waals surface area contributed by atoms with Crippen LogP contribution in [0, 0.1) is 6.92 Å². The van der Waals surface area contributed by atoms with Crippen LogP contribution in [0.15, 0.2) is 16.5 Å². The van der Waals surface area contributed by atoms with Crippen molar-refractivity contribution in [1.29, 1.82) is 0 Å². The summed E-state index contributed by atoms with van der Waals surface area (Å²) in [5.74, 6) is 2.72. The van der Waals surface area contributed by atoms with Crippen LogP contribution in [0.2, 0.25) is 0 Å². The third-order valence-electron chi connectivity index (χ3n) is 6.27. The second-order valence-corrected chi connectivity index (χ2v) is 8.45. The molecule has 33 heavy (non-hydrogen) atoms. The Bertz CT molecular complexity index is 1140. The lowest BCUT2D eigenvalue weighted by Crippen LogP contribution is -2.54. The topological polar surface area (TPSA) is 131 Å². The number of fused-ring (bicyclic) bond motifs is 1. The normalized spacial score (nSPS) is 19.6. The molecule has 0 unspecified atom stereocenters. The molecular weight excluding hydrogens is 426 g/mol. The van der Waals surface area contributed by atoms with Gasteiger partial charge in [0.25, 0.3) is 5.78 Å². The summed E-state index contributed by atoms with van der Waals surface area (Å²) < 4.78 is 12.2. The molecule has 2 saturated heterocycles. The Morgan fingerprint density at radius 2 is 2.00 bits per heavy atom. The number of nitrogens with two attached hydrogens (primary N) is 1. The Morgan fingerprint density at radius 3 is 2.73 bits per heavy atom. The molecule has 12 heteroatoms. The Kier molecular flexibility index (Phi) is 5.85. The highest BCUT2D eigenvalue weighted by Crippen LogP contribution is 2.26. The second-order valence-electron chi connectivity index (χ2n) is 8.45. The Morgan fingerprint density at radius 1 is 1.18 bits per heavy atom. The van der Waals surface area contributed by atoms with E-state index in [2.05, 4.69) is 25.0 Å². The maximum absolute atomic E-state index is 13.4. The summed E-state index contributed by atoms with van der Waals surface area (Å²) in [6.45, 7) is 7.27. The van der Waals surface area contributed by atoms with Gasteiger partial charge in [0.1, 0.15) is 11.8 Å². The fourth-order valence-corrected chi connectivity index (χ4v) is 4.47.